The normalized spacial score (nSPS) is 20.3. The largest absolute Gasteiger partial charge is 0.330 e. The lowest BCUT2D eigenvalue weighted by Gasteiger charge is -2.21. The molecule has 1 aliphatic heterocycles. The Morgan fingerprint density at radius 2 is 2.16 bits per heavy atom. The Balaban J connectivity index is 1.92. The van der Waals surface area contributed by atoms with E-state index in [0.29, 0.717) is 0 Å². The van der Waals surface area contributed by atoms with Crippen LogP contribution in [0.5, 0.6) is 0 Å². The second-order valence-electron chi connectivity index (χ2n) is 6.05. The molecule has 0 bridgehead atoms. The lowest BCUT2D eigenvalue weighted by atomic mass is 9.94. The molecule has 1 aromatic heterocycles. The minimum atomic E-state index is 0.755. The van der Waals surface area contributed by atoms with E-state index in [1.165, 1.54) is 37.3 Å². The van der Waals surface area contributed by atoms with Gasteiger partial charge in [-0.25, -0.2) is 0 Å². The zero-order chi connectivity index (χ0) is 13.7. The van der Waals surface area contributed by atoms with Gasteiger partial charge in [-0.15, -0.1) is 10.2 Å². The minimum absolute atomic E-state index is 0.755. The van der Waals surface area contributed by atoms with E-state index >= 15 is 0 Å². The lowest BCUT2D eigenvalue weighted by molar-refractivity contribution is 0.387. The van der Waals surface area contributed by atoms with E-state index in [1.807, 2.05) is 0 Å². The van der Waals surface area contributed by atoms with Crippen molar-refractivity contribution in [3.8, 4) is 0 Å². The molecule has 0 aromatic carbocycles. The third-order valence-corrected chi connectivity index (χ3v) is 4.33. The summed E-state index contributed by atoms with van der Waals surface area (Å²) in [5, 5.41) is 8.77. The number of hydrogen-bond acceptors (Lipinski definition) is 3. The maximum Gasteiger partial charge on any atom is 0.133 e. The predicted octanol–water partition coefficient (Wildman–Crippen LogP) is 2.56. The number of aromatic nitrogens is 3. The molecule has 4 heteroatoms. The van der Waals surface area contributed by atoms with Crippen LogP contribution in [0.4, 0.5) is 0 Å². The molecule has 2 rings (SSSR count). The fourth-order valence-corrected chi connectivity index (χ4v) is 3.14. The smallest absolute Gasteiger partial charge is 0.133 e. The fraction of sp³-hybridized carbons (Fsp3) is 0.867. The van der Waals surface area contributed by atoms with E-state index in [9.17, 15) is 0 Å². The highest BCUT2D eigenvalue weighted by Gasteiger charge is 2.20. The Morgan fingerprint density at radius 1 is 1.32 bits per heavy atom. The molecule has 2 unspecified atom stereocenters. The quantitative estimate of drug-likeness (QED) is 0.823. The summed E-state index contributed by atoms with van der Waals surface area (Å²) >= 11 is 0. The van der Waals surface area contributed by atoms with Crippen molar-refractivity contribution in [2.75, 3.05) is 6.54 Å². The Hall–Kier alpha value is -0.900. The van der Waals surface area contributed by atoms with E-state index in [2.05, 4.69) is 28.6 Å². The van der Waals surface area contributed by atoms with E-state index in [1.54, 1.807) is 0 Å². The number of fused-ring (bicyclic) bond motifs is 1. The first-order valence-electron chi connectivity index (χ1n) is 7.85. The van der Waals surface area contributed by atoms with Gasteiger partial charge in [0.2, 0.25) is 0 Å². The maximum atomic E-state index is 5.70. The van der Waals surface area contributed by atoms with Gasteiger partial charge in [0.05, 0.1) is 0 Å². The van der Waals surface area contributed by atoms with Gasteiger partial charge in [-0.2, -0.15) is 0 Å². The van der Waals surface area contributed by atoms with Crippen LogP contribution >= 0.6 is 0 Å². The molecule has 0 radical (unpaired) electrons. The van der Waals surface area contributed by atoms with Gasteiger partial charge in [0.15, 0.2) is 0 Å². The number of rotatable bonds is 7. The van der Waals surface area contributed by atoms with Gasteiger partial charge < -0.3 is 10.3 Å². The minimum Gasteiger partial charge on any atom is -0.330 e. The molecule has 1 aliphatic rings. The summed E-state index contributed by atoms with van der Waals surface area (Å²) in [4.78, 5) is 0. The average Bonchev–Trinajstić information content (AvgIpc) is 2.78. The highest BCUT2D eigenvalue weighted by Crippen LogP contribution is 2.22. The molecule has 0 amide bonds. The van der Waals surface area contributed by atoms with Crippen LogP contribution < -0.4 is 5.73 Å². The monoisotopic (exact) mass is 264 g/mol. The third kappa shape index (κ3) is 3.78. The van der Waals surface area contributed by atoms with E-state index in [4.69, 9.17) is 5.73 Å². The Labute approximate surface area is 116 Å². The second-order valence-corrected chi connectivity index (χ2v) is 6.05. The van der Waals surface area contributed by atoms with Crippen molar-refractivity contribution in [3.05, 3.63) is 11.6 Å². The van der Waals surface area contributed by atoms with Crippen molar-refractivity contribution in [1.82, 2.24) is 14.8 Å². The summed E-state index contributed by atoms with van der Waals surface area (Å²) < 4.78 is 2.35. The number of nitrogens with two attached hydrogens (primary N) is 1. The molecule has 0 saturated heterocycles. The van der Waals surface area contributed by atoms with Crippen LogP contribution in [0.2, 0.25) is 0 Å². The third-order valence-electron chi connectivity index (χ3n) is 4.33. The summed E-state index contributed by atoms with van der Waals surface area (Å²) in [6.45, 7) is 6.47. The Bertz CT molecular complexity index is 379. The van der Waals surface area contributed by atoms with Crippen LogP contribution in [0, 0.1) is 11.8 Å². The van der Waals surface area contributed by atoms with Crippen LogP contribution in [0.1, 0.15) is 57.6 Å². The summed E-state index contributed by atoms with van der Waals surface area (Å²) in [7, 11) is 0. The SMILES string of the molecule is CCCC(CCN)CCc1nnc2n1CCC(C)C2. The molecule has 0 spiro atoms. The molecule has 2 N–H and O–H groups in total. The van der Waals surface area contributed by atoms with Crippen molar-refractivity contribution >= 4 is 0 Å². The highest BCUT2D eigenvalue weighted by atomic mass is 15.3. The van der Waals surface area contributed by atoms with Crippen LogP contribution in [-0.4, -0.2) is 21.3 Å². The van der Waals surface area contributed by atoms with Crippen molar-refractivity contribution < 1.29 is 0 Å². The van der Waals surface area contributed by atoms with Gasteiger partial charge in [-0.3, -0.25) is 0 Å². The standard InChI is InChI=1S/C15H28N4/c1-3-4-13(7-9-16)5-6-14-17-18-15-11-12(2)8-10-19(14)15/h12-13H,3-11,16H2,1-2H3. The molecular formula is C15H28N4. The van der Waals surface area contributed by atoms with E-state index < -0.39 is 0 Å². The van der Waals surface area contributed by atoms with Crippen molar-refractivity contribution in [1.29, 1.82) is 0 Å². The predicted molar refractivity (Wildman–Crippen MR) is 77.9 cm³/mol. The molecule has 2 heterocycles. The molecular weight excluding hydrogens is 236 g/mol. The summed E-state index contributed by atoms with van der Waals surface area (Å²) in [5.41, 5.74) is 5.70. The number of aryl methyl sites for hydroxylation is 1. The summed E-state index contributed by atoms with van der Waals surface area (Å²) in [5.74, 6) is 3.90. The number of nitrogens with zero attached hydrogens (tertiary/aromatic N) is 3. The van der Waals surface area contributed by atoms with Crippen LogP contribution in [0.25, 0.3) is 0 Å². The van der Waals surface area contributed by atoms with E-state index in [0.717, 1.165) is 44.2 Å². The number of hydrogen-bond donors (Lipinski definition) is 1. The molecule has 0 aliphatic carbocycles. The second kappa shape index (κ2) is 7.04. The Morgan fingerprint density at radius 3 is 2.89 bits per heavy atom. The van der Waals surface area contributed by atoms with Crippen LogP contribution in [-0.2, 0) is 19.4 Å². The highest BCUT2D eigenvalue weighted by molar-refractivity contribution is 5.00. The van der Waals surface area contributed by atoms with Crippen LogP contribution in [0.15, 0.2) is 0 Å². The van der Waals surface area contributed by atoms with Gasteiger partial charge in [0.25, 0.3) is 0 Å². The van der Waals surface area contributed by atoms with Crippen molar-refractivity contribution in [2.24, 2.45) is 17.6 Å². The Kier molecular flexibility index (Phi) is 5.37. The first-order valence-corrected chi connectivity index (χ1v) is 7.85. The van der Waals surface area contributed by atoms with Crippen molar-refractivity contribution in [2.45, 2.75) is 65.3 Å². The zero-order valence-electron chi connectivity index (χ0n) is 12.4. The first kappa shape index (κ1) is 14.5. The molecule has 4 nitrogen and oxygen atoms in total. The van der Waals surface area contributed by atoms with Gasteiger partial charge in [0, 0.05) is 19.4 Å². The molecule has 108 valence electrons. The molecule has 0 saturated carbocycles. The summed E-state index contributed by atoms with van der Waals surface area (Å²) in [6.07, 6.45) is 8.30. The van der Waals surface area contributed by atoms with Gasteiger partial charge >= 0.3 is 0 Å². The first-order chi connectivity index (χ1) is 9.24. The molecule has 19 heavy (non-hydrogen) atoms. The molecule has 0 fully saturated rings. The molecule has 1 aromatic rings. The average molecular weight is 264 g/mol. The van der Waals surface area contributed by atoms with Crippen LogP contribution in [0.3, 0.4) is 0 Å². The topological polar surface area (TPSA) is 56.7 Å². The van der Waals surface area contributed by atoms with Crippen molar-refractivity contribution in [3.63, 3.8) is 0 Å². The summed E-state index contributed by atoms with van der Waals surface area (Å²) in [6, 6.07) is 0. The fourth-order valence-electron chi connectivity index (χ4n) is 3.14. The van der Waals surface area contributed by atoms with E-state index in [-0.39, 0.29) is 0 Å². The van der Waals surface area contributed by atoms with Gasteiger partial charge in [-0.1, -0.05) is 26.7 Å². The van der Waals surface area contributed by atoms with Gasteiger partial charge in [-0.05, 0) is 37.6 Å². The zero-order valence-corrected chi connectivity index (χ0v) is 12.4. The molecule has 2 atom stereocenters. The lowest BCUT2D eigenvalue weighted by Crippen LogP contribution is -2.19. The maximum absolute atomic E-state index is 5.70. The van der Waals surface area contributed by atoms with Gasteiger partial charge in [0.1, 0.15) is 11.6 Å².